The molecule has 1 heterocycles. The molecule has 28 heavy (non-hydrogen) atoms. The molecule has 0 bridgehead atoms. The number of benzene rings is 1. The van der Waals surface area contributed by atoms with Gasteiger partial charge in [0.15, 0.2) is 5.96 Å². The van der Waals surface area contributed by atoms with Gasteiger partial charge in [-0.15, -0.1) is 24.0 Å². The number of aliphatic imine (C=N–C) groups is 1. The fourth-order valence-electron chi connectivity index (χ4n) is 3.21. The number of hydrogen-bond donors (Lipinski definition) is 3. The standard InChI is InChI=1S/C19H28ClN5O2.HI/c1-2-22-19(25-11-5-6-14(13-25)12-17(21)26)24-10-9-23-18(27)15-7-3-4-8-16(15)20;/h3-4,7-8,14H,2,5-6,9-13H2,1H3,(H2,21,26)(H,22,24)(H,23,27);1H. The number of halogens is 2. The van der Waals surface area contributed by atoms with Crippen LogP contribution in [-0.2, 0) is 4.79 Å². The Bertz CT molecular complexity index is 686. The second-order valence-electron chi connectivity index (χ2n) is 6.60. The fourth-order valence-corrected chi connectivity index (χ4v) is 3.43. The van der Waals surface area contributed by atoms with E-state index >= 15 is 0 Å². The molecule has 4 N–H and O–H groups in total. The van der Waals surface area contributed by atoms with Gasteiger partial charge >= 0.3 is 0 Å². The van der Waals surface area contributed by atoms with Gasteiger partial charge in [0.25, 0.3) is 5.91 Å². The van der Waals surface area contributed by atoms with Crippen molar-refractivity contribution in [2.75, 3.05) is 32.7 Å². The summed E-state index contributed by atoms with van der Waals surface area (Å²) in [7, 11) is 0. The summed E-state index contributed by atoms with van der Waals surface area (Å²) in [5, 5.41) is 6.55. The number of carbonyl (C=O) groups excluding carboxylic acids is 2. The number of amides is 2. The number of rotatable bonds is 7. The molecule has 156 valence electrons. The molecule has 1 aliphatic heterocycles. The van der Waals surface area contributed by atoms with E-state index in [1.807, 2.05) is 6.92 Å². The van der Waals surface area contributed by atoms with E-state index in [9.17, 15) is 9.59 Å². The van der Waals surface area contributed by atoms with Gasteiger partial charge in [-0.05, 0) is 37.8 Å². The molecule has 1 aliphatic rings. The number of piperidine rings is 1. The smallest absolute Gasteiger partial charge is 0.252 e. The molecule has 1 unspecified atom stereocenters. The molecular weight excluding hydrogens is 493 g/mol. The van der Waals surface area contributed by atoms with E-state index in [-0.39, 0.29) is 41.7 Å². The lowest BCUT2D eigenvalue weighted by Gasteiger charge is -2.34. The molecule has 0 saturated carbocycles. The molecule has 1 aromatic carbocycles. The third-order valence-corrected chi connectivity index (χ3v) is 4.75. The number of carbonyl (C=O) groups is 2. The second kappa shape index (κ2) is 12.8. The van der Waals surface area contributed by atoms with Gasteiger partial charge in [0, 0.05) is 32.6 Å². The van der Waals surface area contributed by atoms with Crippen LogP contribution < -0.4 is 16.4 Å². The highest BCUT2D eigenvalue weighted by Crippen LogP contribution is 2.19. The van der Waals surface area contributed by atoms with E-state index < -0.39 is 0 Å². The molecule has 1 saturated heterocycles. The normalized spacial score (nSPS) is 16.9. The molecule has 2 rings (SSSR count). The van der Waals surface area contributed by atoms with Crippen molar-refractivity contribution < 1.29 is 9.59 Å². The lowest BCUT2D eigenvalue weighted by atomic mass is 9.95. The maximum Gasteiger partial charge on any atom is 0.252 e. The lowest BCUT2D eigenvalue weighted by Crippen LogP contribution is -2.47. The van der Waals surface area contributed by atoms with Crippen LogP contribution in [0.25, 0.3) is 0 Å². The summed E-state index contributed by atoms with van der Waals surface area (Å²) in [4.78, 5) is 30.1. The Kier molecular flexibility index (Phi) is 11.2. The largest absolute Gasteiger partial charge is 0.370 e. The summed E-state index contributed by atoms with van der Waals surface area (Å²) in [6.07, 6.45) is 2.42. The molecule has 1 fully saturated rings. The molecule has 9 heteroatoms. The summed E-state index contributed by atoms with van der Waals surface area (Å²) in [6.45, 7) is 5.29. The van der Waals surface area contributed by atoms with Crippen molar-refractivity contribution >= 4 is 53.4 Å². The number of hydrogen-bond acceptors (Lipinski definition) is 3. The second-order valence-corrected chi connectivity index (χ2v) is 7.00. The molecule has 7 nitrogen and oxygen atoms in total. The Morgan fingerprint density at radius 2 is 2.07 bits per heavy atom. The van der Waals surface area contributed by atoms with Gasteiger partial charge in [0.1, 0.15) is 0 Å². The van der Waals surface area contributed by atoms with Crippen LogP contribution in [0.3, 0.4) is 0 Å². The minimum atomic E-state index is -0.258. The van der Waals surface area contributed by atoms with Crippen molar-refractivity contribution in [2.24, 2.45) is 16.6 Å². The number of nitrogens with zero attached hydrogens (tertiary/aromatic N) is 2. The van der Waals surface area contributed by atoms with Gasteiger partial charge < -0.3 is 21.3 Å². The average Bonchev–Trinajstić information content (AvgIpc) is 2.64. The van der Waals surface area contributed by atoms with Gasteiger partial charge in [-0.1, -0.05) is 23.7 Å². The van der Waals surface area contributed by atoms with E-state index in [4.69, 9.17) is 17.3 Å². The van der Waals surface area contributed by atoms with Crippen LogP contribution in [0, 0.1) is 5.92 Å². The Balaban J connectivity index is 0.00000392. The minimum Gasteiger partial charge on any atom is -0.370 e. The van der Waals surface area contributed by atoms with Gasteiger partial charge in [-0.2, -0.15) is 0 Å². The van der Waals surface area contributed by atoms with E-state index in [2.05, 4.69) is 20.5 Å². The first kappa shape index (κ1) is 24.5. The topological polar surface area (TPSA) is 99.8 Å². The number of nitrogens with two attached hydrogens (primary N) is 1. The summed E-state index contributed by atoms with van der Waals surface area (Å²) < 4.78 is 0. The van der Waals surface area contributed by atoms with Crippen LogP contribution >= 0.6 is 35.6 Å². The molecule has 1 aromatic rings. The SMILES string of the molecule is CCNC(=NCCNC(=O)c1ccccc1Cl)N1CCCC(CC(N)=O)C1.I. The van der Waals surface area contributed by atoms with Crippen LogP contribution in [0.15, 0.2) is 29.3 Å². The molecule has 0 aromatic heterocycles. The van der Waals surface area contributed by atoms with Gasteiger partial charge in [-0.3, -0.25) is 14.6 Å². The summed E-state index contributed by atoms with van der Waals surface area (Å²) >= 11 is 6.04. The highest BCUT2D eigenvalue weighted by molar-refractivity contribution is 14.0. The van der Waals surface area contributed by atoms with Crippen LogP contribution in [0.5, 0.6) is 0 Å². The Morgan fingerprint density at radius 1 is 1.32 bits per heavy atom. The predicted molar refractivity (Wildman–Crippen MR) is 123 cm³/mol. The Morgan fingerprint density at radius 3 is 2.75 bits per heavy atom. The lowest BCUT2D eigenvalue weighted by molar-refractivity contribution is -0.119. The van der Waals surface area contributed by atoms with Crippen molar-refractivity contribution in [1.82, 2.24) is 15.5 Å². The highest BCUT2D eigenvalue weighted by atomic mass is 127. The minimum absolute atomic E-state index is 0. The molecule has 1 atom stereocenters. The molecule has 0 aliphatic carbocycles. The molecule has 2 amide bonds. The number of primary amides is 1. The molecule has 0 spiro atoms. The van der Waals surface area contributed by atoms with Gasteiger partial charge in [0.05, 0.1) is 17.1 Å². The predicted octanol–water partition coefficient (Wildman–Crippen LogP) is 2.24. The van der Waals surface area contributed by atoms with E-state index in [1.54, 1.807) is 24.3 Å². The third-order valence-electron chi connectivity index (χ3n) is 4.42. The van der Waals surface area contributed by atoms with E-state index in [0.717, 1.165) is 38.4 Å². The zero-order chi connectivity index (χ0) is 19.6. The van der Waals surface area contributed by atoms with Crippen molar-refractivity contribution in [3.63, 3.8) is 0 Å². The molecular formula is C19H29ClIN5O2. The van der Waals surface area contributed by atoms with Crippen molar-refractivity contribution in [3.8, 4) is 0 Å². The van der Waals surface area contributed by atoms with Crippen LogP contribution in [0.4, 0.5) is 0 Å². The third kappa shape index (κ3) is 7.83. The summed E-state index contributed by atoms with van der Waals surface area (Å²) in [5.41, 5.74) is 5.79. The first-order chi connectivity index (χ1) is 13.0. The number of guanidine groups is 1. The maximum atomic E-state index is 12.2. The quantitative estimate of drug-likeness (QED) is 0.222. The zero-order valence-electron chi connectivity index (χ0n) is 16.1. The first-order valence-corrected chi connectivity index (χ1v) is 9.73. The summed E-state index contributed by atoms with van der Waals surface area (Å²) in [6, 6.07) is 6.95. The van der Waals surface area contributed by atoms with Crippen molar-refractivity contribution in [1.29, 1.82) is 0 Å². The average molecular weight is 522 g/mol. The number of likely N-dealkylation sites (tertiary alicyclic amines) is 1. The Hall–Kier alpha value is -1.55. The highest BCUT2D eigenvalue weighted by Gasteiger charge is 2.23. The van der Waals surface area contributed by atoms with Crippen LogP contribution in [0.1, 0.15) is 36.5 Å². The molecule has 0 radical (unpaired) electrons. The van der Waals surface area contributed by atoms with Gasteiger partial charge in [-0.25, -0.2) is 0 Å². The Labute approximate surface area is 188 Å². The van der Waals surface area contributed by atoms with Crippen molar-refractivity contribution in [3.05, 3.63) is 34.9 Å². The fraction of sp³-hybridized carbons (Fsp3) is 0.526. The van der Waals surface area contributed by atoms with E-state index in [0.29, 0.717) is 30.1 Å². The number of nitrogens with one attached hydrogen (secondary N) is 2. The maximum absolute atomic E-state index is 12.2. The van der Waals surface area contributed by atoms with E-state index in [1.165, 1.54) is 0 Å². The van der Waals surface area contributed by atoms with Gasteiger partial charge in [0.2, 0.25) is 5.91 Å². The zero-order valence-corrected chi connectivity index (χ0v) is 19.2. The van der Waals surface area contributed by atoms with Crippen LogP contribution in [0.2, 0.25) is 5.02 Å². The summed E-state index contributed by atoms with van der Waals surface area (Å²) in [5.74, 6) is 0.602. The first-order valence-electron chi connectivity index (χ1n) is 9.35. The monoisotopic (exact) mass is 521 g/mol. The van der Waals surface area contributed by atoms with Crippen molar-refractivity contribution in [2.45, 2.75) is 26.2 Å². The van der Waals surface area contributed by atoms with Crippen LogP contribution in [-0.4, -0.2) is 55.4 Å².